The Morgan fingerprint density at radius 3 is 2.00 bits per heavy atom. The van der Waals surface area contributed by atoms with Crippen LogP contribution in [0, 0.1) is 19.7 Å². The van der Waals surface area contributed by atoms with Gasteiger partial charge in [-0.3, -0.25) is 9.78 Å². The van der Waals surface area contributed by atoms with Crippen LogP contribution in [0.15, 0.2) is 91.1 Å². The third-order valence-corrected chi connectivity index (χ3v) is 6.37. The second-order valence-corrected chi connectivity index (χ2v) is 10.7. The molecule has 0 fully saturated rings. The quantitative estimate of drug-likeness (QED) is 0.261. The molecule has 7 heteroatoms. The van der Waals surface area contributed by atoms with Gasteiger partial charge in [0.05, 0.1) is 0 Å². The molecular weight excluding hydrogens is 505 g/mol. The molecule has 0 saturated heterocycles. The summed E-state index contributed by atoms with van der Waals surface area (Å²) in [7, 11) is 0. The number of amides is 2. The van der Waals surface area contributed by atoms with Crippen LogP contribution in [-0.4, -0.2) is 28.6 Å². The van der Waals surface area contributed by atoms with E-state index in [1.165, 1.54) is 6.07 Å². The molecule has 0 aliphatic heterocycles. The first kappa shape index (κ1) is 28.5. The number of aryl methyl sites for hydroxylation is 2. The maximum Gasteiger partial charge on any atom is 0.408 e. The summed E-state index contributed by atoms with van der Waals surface area (Å²) < 4.78 is 20.8. The molecule has 0 unspecified atom stereocenters. The number of nitrogens with zero attached hydrogens (tertiary/aromatic N) is 1. The van der Waals surface area contributed by atoms with Crippen molar-refractivity contribution in [2.45, 2.75) is 52.2 Å². The Morgan fingerprint density at radius 1 is 0.850 bits per heavy atom. The summed E-state index contributed by atoms with van der Waals surface area (Å²) >= 11 is 0. The third-order valence-electron chi connectivity index (χ3n) is 6.37. The minimum atomic E-state index is -1.06. The number of pyridine rings is 1. The van der Waals surface area contributed by atoms with Gasteiger partial charge in [-0.2, -0.15) is 0 Å². The Hall–Kier alpha value is -4.52. The van der Waals surface area contributed by atoms with Gasteiger partial charge in [0.2, 0.25) is 5.91 Å². The Bertz CT molecular complexity index is 1440. The molecule has 2 amide bonds. The Morgan fingerprint density at radius 2 is 1.45 bits per heavy atom. The van der Waals surface area contributed by atoms with Gasteiger partial charge >= 0.3 is 6.09 Å². The number of nitrogens with one attached hydrogen (secondary N) is 2. The maximum atomic E-state index is 15.3. The lowest BCUT2D eigenvalue weighted by atomic mass is 9.84. The van der Waals surface area contributed by atoms with Crippen LogP contribution in [-0.2, 0) is 9.53 Å². The predicted octanol–water partition coefficient (Wildman–Crippen LogP) is 7.17. The van der Waals surface area contributed by atoms with Gasteiger partial charge in [-0.05, 0) is 81.1 Å². The van der Waals surface area contributed by atoms with Crippen molar-refractivity contribution in [2.75, 3.05) is 5.32 Å². The Kier molecular flexibility index (Phi) is 8.63. The number of halogens is 1. The molecule has 0 radical (unpaired) electrons. The molecule has 4 aromatic rings. The van der Waals surface area contributed by atoms with Crippen LogP contribution in [0.2, 0.25) is 0 Å². The monoisotopic (exact) mass is 539 g/mol. The summed E-state index contributed by atoms with van der Waals surface area (Å²) in [6.07, 6.45) is 0.981. The summed E-state index contributed by atoms with van der Waals surface area (Å²) in [6.45, 7) is 8.98. The highest BCUT2D eigenvalue weighted by Crippen LogP contribution is 2.31. The maximum absolute atomic E-state index is 15.3. The highest BCUT2D eigenvalue weighted by Gasteiger charge is 2.34. The van der Waals surface area contributed by atoms with Gasteiger partial charge in [0.1, 0.15) is 17.5 Å². The summed E-state index contributed by atoms with van der Waals surface area (Å²) in [4.78, 5) is 31.0. The van der Waals surface area contributed by atoms with E-state index in [-0.39, 0.29) is 5.69 Å². The highest BCUT2D eigenvalue weighted by atomic mass is 19.1. The average molecular weight is 540 g/mol. The van der Waals surface area contributed by atoms with Gasteiger partial charge in [-0.15, -0.1) is 0 Å². The van der Waals surface area contributed by atoms with Gasteiger partial charge < -0.3 is 15.4 Å². The fourth-order valence-electron chi connectivity index (χ4n) is 4.58. The molecule has 4 rings (SSSR count). The molecule has 0 saturated carbocycles. The van der Waals surface area contributed by atoms with Crippen molar-refractivity contribution in [1.82, 2.24) is 10.3 Å². The number of hydrogen-bond donors (Lipinski definition) is 2. The molecule has 6 nitrogen and oxygen atoms in total. The Labute approximate surface area is 234 Å². The molecular formula is C33H34FN3O3. The van der Waals surface area contributed by atoms with Gasteiger partial charge in [0.25, 0.3) is 0 Å². The van der Waals surface area contributed by atoms with Crippen LogP contribution in [0.3, 0.4) is 0 Å². The van der Waals surface area contributed by atoms with E-state index in [0.717, 1.165) is 27.9 Å². The van der Waals surface area contributed by atoms with Crippen molar-refractivity contribution < 1.29 is 18.7 Å². The summed E-state index contributed by atoms with van der Waals surface area (Å²) in [5.74, 6) is -1.53. The molecule has 40 heavy (non-hydrogen) atoms. The molecule has 0 bridgehead atoms. The molecule has 2 N–H and O–H groups in total. The van der Waals surface area contributed by atoms with E-state index in [2.05, 4.69) is 15.6 Å². The molecule has 1 atom stereocenters. The SMILES string of the molecule is Cc1cc(-c2ccc(NC(=O)[C@@H](NC(=O)OC(C)(C)C)C(c3ccccc3)c3ccccc3)cc2F)c(C)cn1. The van der Waals surface area contributed by atoms with Crippen molar-refractivity contribution >= 4 is 17.7 Å². The second-order valence-electron chi connectivity index (χ2n) is 10.7. The van der Waals surface area contributed by atoms with Gasteiger partial charge in [0, 0.05) is 29.1 Å². The zero-order valence-electron chi connectivity index (χ0n) is 23.4. The number of benzene rings is 3. The summed E-state index contributed by atoms with van der Waals surface area (Å²) in [5, 5.41) is 5.60. The lowest BCUT2D eigenvalue weighted by molar-refractivity contribution is -0.118. The Balaban J connectivity index is 1.70. The molecule has 0 spiro atoms. The van der Waals surface area contributed by atoms with E-state index in [9.17, 15) is 9.59 Å². The standard InChI is InChI=1S/C33H34FN3O3/c1-21-20-35-22(2)18-27(21)26-17-16-25(19-28(26)34)36-31(38)30(37-32(39)40-33(3,4)5)29(23-12-8-6-9-13-23)24-14-10-7-11-15-24/h6-20,29-30H,1-5H3,(H,36,38)(H,37,39)/t30-/m0/s1. The van der Waals surface area contributed by atoms with E-state index in [0.29, 0.717) is 5.56 Å². The van der Waals surface area contributed by atoms with Gasteiger partial charge in [0.15, 0.2) is 0 Å². The minimum Gasteiger partial charge on any atom is -0.444 e. The van der Waals surface area contributed by atoms with Crippen molar-refractivity contribution in [3.63, 3.8) is 0 Å². The fourth-order valence-corrected chi connectivity index (χ4v) is 4.58. The second kappa shape index (κ2) is 12.1. The number of alkyl carbamates (subject to hydrolysis) is 1. The normalized spacial score (nSPS) is 12.1. The summed E-state index contributed by atoms with van der Waals surface area (Å²) in [5.41, 5.74) is 3.94. The zero-order valence-corrected chi connectivity index (χ0v) is 23.4. The first-order valence-corrected chi connectivity index (χ1v) is 13.2. The first-order chi connectivity index (χ1) is 19.0. The molecule has 0 aliphatic rings. The number of ether oxygens (including phenoxy) is 1. The van der Waals surface area contributed by atoms with Gasteiger partial charge in [-0.25, -0.2) is 9.18 Å². The predicted molar refractivity (Wildman–Crippen MR) is 156 cm³/mol. The van der Waals surface area contributed by atoms with E-state index >= 15 is 4.39 Å². The number of rotatable bonds is 7. The third kappa shape index (κ3) is 7.11. The first-order valence-electron chi connectivity index (χ1n) is 13.2. The van der Waals surface area contributed by atoms with E-state index in [1.807, 2.05) is 80.6 Å². The molecule has 1 heterocycles. The van der Waals surface area contributed by atoms with Crippen LogP contribution in [0.25, 0.3) is 11.1 Å². The van der Waals surface area contributed by atoms with Crippen LogP contribution < -0.4 is 10.6 Å². The number of anilines is 1. The average Bonchev–Trinajstić information content (AvgIpc) is 2.90. The van der Waals surface area contributed by atoms with Crippen molar-refractivity contribution in [3.05, 3.63) is 119 Å². The molecule has 0 aliphatic carbocycles. The molecule has 206 valence electrons. The largest absolute Gasteiger partial charge is 0.444 e. The van der Waals surface area contributed by atoms with Crippen LogP contribution >= 0.6 is 0 Å². The molecule has 1 aromatic heterocycles. The van der Waals surface area contributed by atoms with Crippen molar-refractivity contribution in [2.24, 2.45) is 0 Å². The summed E-state index contributed by atoms with van der Waals surface area (Å²) in [6, 6.07) is 24.2. The van der Waals surface area contributed by atoms with Crippen LogP contribution in [0.5, 0.6) is 0 Å². The lowest BCUT2D eigenvalue weighted by Crippen LogP contribution is -2.49. The van der Waals surface area contributed by atoms with Crippen molar-refractivity contribution in [3.8, 4) is 11.1 Å². The van der Waals surface area contributed by atoms with E-state index in [1.54, 1.807) is 39.1 Å². The van der Waals surface area contributed by atoms with Gasteiger partial charge in [-0.1, -0.05) is 60.7 Å². The number of aromatic nitrogens is 1. The number of carbonyl (C=O) groups is 2. The zero-order chi connectivity index (χ0) is 28.9. The van der Waals surface area contributed by atoms with E-state index < -0.39 is 35.4 Å². The fraction of sp³-hybridized carbons (Fsp3) is 0.242. The topological polar surface area (TPSA) is 80.3 Å². The van der Waals surface area contributed by atoms with Crippen molar-refractivity contribution in [1.29, 1.82) is 0 Å². The van der Waals surface area contributed by atoms with Crippen LogP contribution in [0.4, 0.5) is 14.9 Å². The van der Waals surface area contributed by atoms with E-state index in [4.69, 9.17) is 4.74 Å². The number of hydrogen-bond acceptors (Lipinski definition) is 4. The number of carbonyl (C=O) groups excluding carboxylic acids is 2. The molecule has 3 aromatic carbocycles. The lowest BCUT2D eigenvalue weighted by Gasteiger charge is -2.29. The minimum absolute atomic E-state index is 0.269. The smallest absolute Gasteiger partial charge is 0.408 e. The van der Waals surface area contributed by atoms with Crippen LogP contribution in [0.1, 0.15) is 49.1 Å². The highest BCUT2D eigenvalue weighted by molar-refractivity contribution is 5.98.